The molecule has 0 aliphatic rings. The highest BCUT2D eigenvalue weighted by atomic mass is 35.5. The Kier molecular flexibility index (Phi) is 2.29. The molecular weight excluding hydrogens is 170 g/mol. The van der Waals surface area contributed by atoms with Crippen LogP contribution < -0.4 is 5.32 Å². The molecule has 1 amide bonds. The zero-order valence-electron chi connectivity index (χ0n) is 5.35. The molecule has 0 unspecified atom stereocenters. The van der Waals surface area contributed by atoms with Gasteiger partial charge in [-0.25, -0.2) is 0 Å². The largest absolute Gasteiger partial charge is 0.354 e. The Bertz CT molecular complexity index is 246. The Morgan fingerprint density at radius 2 is 2.50 bits per heavy atom. The van der Waals surface area contributed by atoms with E-state index in [1.807, 2.05) is 0 Å². The Morgan fingerprint density at radius 1 is 1.80 bits per heavy atom. The van der Waals surface area contributed by atoms with Gasteiger partial charge in [0.15, 0.2) is 0 Å². The van der Waals surface area contributed by atoms with Crippen LogP contribution in [0.2, 0.25) is 5.02 Å². The van der Waals surface area contributed by atoms with Crippen LogP contribution in [0.15, 0.2) is 11.4 Å². The first-order valence-electron chi connectivity index (χ1n) is 2.70. The lowest BCUT2D eigenvalue weighted by atomic mass is 10.4. The number of hydrogen-bond donors (Lipinski definition) is 1. The number of halogens is 1. The van der Waals surface area contributed by atoms with Crippen molar-refractivity contribution in [2.24, 2.45) is 0 Å². The lowest BCUT2D eigenvalue weighted by Gasteiger charge is -1.93. The lowest BCUT2D eigenvalue weighted by Crippen LogP contribution is -2.16. The van der Waals surface area contributed by atoms with Crippen LogP contribution >= 0.6 is 22.9 Å². The minimum absolute atomic E-state index is 0.125. The highest BCUT2D eigenvalue weighted by molar-refractivity contribution is 7.12. The van der Waals surface area contributed by atoms with E-state index in [1.165, 1.54) is 11.3 Å². The molecule has 54 valence electrons. The molecule has 1 rings (SSSR count). The van der Waals surface area contributed by atoms with Gasteiger partial charge >= 0.3 is 0 Å². The molecule has 0 bridgehead atoms. The molecule has 0 spiro atoms. The van der Waals surface area contributed by atoms with Crippen LogP contribution in [0.4, 0.5) is 0 Å². The van der Waals surface area contributed by atoms with Gasteiger partial charge in [0.05, 0.1) is 5.02 Å². The van der Waals surface area contributed by atoms with Gasteiger partial charge in [0.1, 0.15) is 4.88 Å². The summed E-state index contributed by atoms with van der Waals surface area (Å²) in [7, 11) is 1.58. The summed E-state index contributed by atoms with van der Waals surface area (Å²) in [6.45, 7) is 0. The first-order chi connectivity index (χ1) is 4.75. The fourth-order valence-corrected chi connectivity index (χ4v) is 1.66. The predicted molar refractivity (Wildman–Crippen MR) is 42.7 cm³/mol. The summed E-state index contributed by atoms with van der Waals surface area (Å²) >= 11 is 7.00. The van der Waals surface area contributed by atoms with Crippen molar-refractivity contribution in [1.82, 2.24) is 5.32 Å². The van der Waals surface area contributed by atoms with Gasteiger partial charge in [-0.2, -0.15) is 0 Å². The molecule has 1 aromatic rings. The molecule has 1 N–H and O–H groups in total. The van der Waals surface area contributed by atoms with E-state index < -0.39 is 0 Å². The Hall–Kier alpha value is -0.540. The second-order valence-electron chi connectivity index (χ2n) is 1.68. The molecule has 1 aromatic heterocycles. The van der Waals surface area contributed by atoms with Crippen LogP contribution in [-0.4, -0.2) is 13.0 Å². The van der Waals surface area contributed by atoms with Crippen LogP contribution in [0, 0.1) is 0 Å². The molecule has 4 heteroatoms. The normalized spacial score (nSPS) is 9.40. The number of carbonyl (C=O) groups is 1. The summed E-state index contributed by atoms with van der Waals surface area (Å²) in [6.07, 6.45) is 0. The first kappa shape index (κ1) is 7.57. The summed E-state index contributed by atoms with van der Waals surface area (Å²) in [4.78, 5) is 11.5. The molecule has 0 atom stereocenters. The van der Waals surface area contributed by atoms with Crippen molar-refractivity contribution in [2.75, 3.05) is 7.05 Å². The average molecular weight is 176 g/mol. The van der Waals surface area contributed by atoms with Crippen molar-refractivity contribution < 1.29 is 4.79 Å². The van der Waals surface area contributed by atoms with Gasteiger partial charge in [0.25, 0.3) is 5.91 Å². The van der Waals surface area contributed by atoms with E-state index in [-0.39, 0.29) is 5.91 Å². The van der Waals surface area contributed by atoms with Gasteiger partial charge in [-0.1, -0.05) is 11.6 Å². The maximum atomic E-state index is 10.9. The Morgan fingerprint density at radius 3 is 2.90 bits per heavy atom. The van der Waals surface area contributed by atoms with Gasteiger partial charge in [-0.15, -0.1) is 11.3 Å². The molecule has 1 heterocycles. The lowest BCUT2D eigenvalue weighted by molar-refractivity contribution is 0.0967. The van der Waals surface area contributed by atoms with E-state index in [4.69, 9.17) is 11.6 Å². The van der Waals surface area contributed by atoms with Crippen molar-refractivity contribution in [3.8, 4) is 0 Å². The molecule has 0 aliphatic heterocycles. The molecule has 10 heavy (non-hydrogen) atoms. The van der Waals surface area contributed by atoms with Crippen molar-refractivity contribution in [3.63, 3.8) is 0 Å². The van der Waals surface area contributed by atoms with E-state index in [9.17, 15) is 4.79 Å². The molecule has 0 saturated carbocycles. The second kappa shape index (κ2) is 3.03. The molecule has 0 aliphatic carbocycles. The first-order valence-corrected chi connectivity index (χ1v) is 3.96. The molecular formula is C6H6ClNOS. The quantitative estimate of drug-likeness (QED) is 0.693. The third-order valence-electron chi connectivity index (χ3n) is 1.05. The standard InChI is InChI=1S/C6H6ClNOS/c1-8-6(9)5-4(7)2-3-10-5/h2-3H,1H3,(H,8,9). The zero-order valence-corrected chi connectivity index (χ0v) is 6.92. The van der Waals surface area contributed by atoms with E-state index in [1.54, 1.807) is 18.5 Å². The van der Waals surface area contributed by atoms with Gasteiger partial charge in [0, 0.05) is 7.05 Å². The highest BCUT2D eigenvalue weighted by Crippen LogP contribution is 2.21. The van der Waals surface area contributed by atoms with Crippen LogP contribution in [0.5, 0.6) is 0 Å². The molecule has 0 saturated heterocycles. The Labute approximate surface area is 67.8 Å². The summed E-state index contributed by atoms with van der Waals surface area (Å²) < 4.78 is 0. The number of nitrogens with one attached hydrogen (secondary N) is 1. The fourth-order valence-electron chi connectivity index (χ4n) is 0.569. The minimum Gasteiger partial charge on any atom is -0.354 e. The summed E-state index contributed by atoms with van der Waals surface area (Å²) in [5, 5.41) is 4.80. The van der Waals surface area contributed by atoms with Crippen LogP contribution in [0.3, 0.4) is 0 Å². The molecule has 2 nitrogen and oxygen atoms in total. The highest BCUT2D eigenvalue weighted by Gasteiger charge is 2.08. The minimum atomic E-state index is -0.125. The molecule has 0 radical (unpaired) electrons. The maximum Gasteiger partial charge on any atom is 0.262 e. The number of amides is 1. The van der Waals surface area contributed by atoms with Gasteiger partial charge < -0.3 is 5.32 Å². The fraction of sp³-hybridized carbons (Fsp3) is 0.167. The van der Waals surface area contributed by atoms with Crippen LogP contribution in [-0.2, 0) is 0 Å². The van der Waals surface area contributed by atoms with Gasteiger partial charge in [-0.05, 0) is 11.4 Å². The number of rotatable bonds is 1. The monoisotopic (exact) mass is 175 g/mol. The number of carbonyl (C=O) groups excluding carboxylic acids is 1. The summed E-state index contributed by atoms with van der Waals surface area (Å²) in [5.41, 5.74) is 0. The van der Waals surface area contributed by atoms with Crippen molar-refractivity contribution in [2.45, 2.75) is 0 Å². The average Bonchev–Trinajstić information content (AvgIpc) is 2.34. The van der Waals surface area contributed by atoms with Crippen molar-refractivity contribution in [1.29, 1.82) is 0 Å². The summed E-state index contributed by atoms with van der Waals surface area (Å²) in [5.74, 6) is -0.125. The van der Waals surface area contributed by atoms with Crippen LogP contribution in [0.1, 0.15) is 9.67 Å². The van der Waals surface area contributed by atoms with Gasteiger partial charge in [0.2, 0.25) is 0 Å². The number of hydrogen-bond acceptors (Lipinski definition) is 2. The van der Waals surface area contributed by atoms with Crippen molar-refractivity contribution >= 4 is 28.8 Å². The van der Waals surface area contributed by atoms with E-state index in [0.29, 0.717) is 9.90 Å². The van der Waals surface area contributed by atoms with Gasteiger partial charge in [-0.3, -0.25) is 4.79 Å². The zero-order chi connectivity index (χ0) is 7.56. The predicted octanol–water partition coefficient (Wildman–Crippen LogP) is 1.76. The smallest absolute Gasteiger partial charge is 0.262 e. The maximum absolute atomic E-state index is 10.9. The van der Waals surface area contributed by atoms with Crippen LogP contribution in [0.25, 0.3) is 0 Å². The molecule has 0 fully saturated rings. The van der Waals surface area contributed by atoms with E-state index in [2.05, 4.69) is 5.32 Å². The topological polar surface area (TPSA) is 29.1 Å². The third kappa shape index (κ3) is 1.30. The summed E-state index contributed by atoms with van der Waals surface area (Å²) in [6, 6.07) is 1.71. The number of thiophene rings is 1. The third-order valence-corrected chi connectivity index (χ3v) is 2.39. The van der Waals surface area contributed by atoms with E-state index >= 15 is 0 Å². The molecule has 0 aromatic carbocycles. The van der Waals surface area contributed by atoms with Crippen molar-refractivity contribution in [3.05, 3.63) is 21.3 Å². The SMILES string of the molecule is CNC(=O)c1sccc1Cl. The second-order valence-corrected chi connectivity index (χ2v) is 3.00. The Balaban J connectivity index is 2.93. The van der Waals surface area contributed by atoms with E-state index in [0.717, 1.165) is 0 Å².